The average Bonchev–Trinajstić information content (AvgIpc) is 2.90. The molecule has 6 heteroatoms. The quantitative estimate of drug-likeness (QED) is 0.544. The number of pyridine rings is 1. The highest BCUT2D eigenvalue weighted by atomic mass is 32.2. The molecule has 0 fully saturated rings. The summed E-state index contributed by atoms with van der Waals surface area (Å²) >= 11 is 1.42. The van der Waals surface area contributed by atoms with Crippen molar-refractivity contribution in [3.63, 3.8) is 0 Å². The van der Waals surface area contributed by atoms with Gasteiger partial charge in [0.05, 0.1) is 0 Å². The molecule has 0 bridgehead atoms. The second-order valence-electron chi connectivity index (χ2n) is 4.67. The summed E-state index contributed by atoms with van der Waals surface area (Å²) in [5.41, 5.74) is 1.59. The summed E-state index contributed by atoms with van der Waals surface area (Å²) in [5, 5.41) is 4.78. The van der Waals surface area contributed by atoms with Crippen LogP contribution in [0.15, 0.2) is 58.6 Å². The molecule has 0 spiro atoms. The smallest absolute Gasteiger partial charge is 0.238 e. The molecule has 2 aromatic heterocycles. The van der Waals surface area contributed by atoms with E-state index < -0.39 is 5.95 Å². The number of hydrogen-bond donors (Lipinski definition) is 0. The van der Waals surface area contributed by atoms with E-state index in [0.29, 0.717) is 11.3 Å². The zero-order chi connectivity index (χ0) is 15.5. The van der Waals surface area contributed by atoms with Crippen LogP contribution in [0.4, 0.5) is 4.39 Å². The van der Waals surface area contributed by atoms with E-state index in [4.69, 9.17) is 0 Å². The predicted molar refractivity (Wildman–Crippen MR) is 82.0 cm³/mol. The maximum absolute atomic E-state index is 13.9. The van der Waals surface area contributed by atoms with Crippen LogP contribution < -0.4 is 0 Å². The van der Waals surface area contributed by atoms with Crippen molar-refractivity contribution in [3.8, 4) is 5.69 Å². The molecule has 0 saturated heterocycles. The minimum Gasteiger partial charge on any atom is -0.296 e. The Kier molecular flexibility index (Phi) is 4.02. The molecular weight excluding hydrogens is 301 g/mol. The molecule has 1 aromatic carbocycles. The van der Waals surface area contributed by atoms with Crippen molar-refractivity contribution < 1.29 is 9.18 Å². The van der Waals surface area contributed by atoms with Crippen LogP contribution in [0.3, 0.4) is 0 Å². The molecule has 0 radical (unpaired) electrons. The number of hydrogen-bond acceptors (Lipinski definition) is 4. The van der Waals surface area contributed by atoms with Crippen molar-refractivity contribution in [1.82, 2.24) is 14.8 Å². The predicted octanol–water partition coefficient (Wildman–Crippen LogP) is 3.68. The Morgan fingerprint density at radius 3 is 2.82 bits per heavy atom. The first-order valence-corrected chi connectivity index (χ1v) is 7.39. The molecule has 0 amide bonds. The molecule has 0 aliphatic heterocycles. The average molecular weight is 313 g/mol. The summed E-state index contributed by atoms with van der Waals surface area (Å²) in [6, 6.07) is 12.7. The second kappa shape index (κ2) is 6.11. The standard InChI is InChI=1S/C16H12FN3OS/c1-11-4-2-5-13(8-11)22-15-9-12(10-21)19-20(15)14-6-3-7-18-16(14)17/h2-10H,1H3. The Balaban J connectivity index is 2.06. The van der Waals surface area contributed by atoms with Crippen molar-refractivity contribution >= 4 is 18.0 Å². The first-order valence-electron chi connectivity index (χ1n) is 6.58. The van der Waals surface area contributed by atoms with Gasteiger partial charge in [-0.15, -0.1) is 0 Å². The Bertz CT molecular complexity index is 832. The number of aryl methyl sites for hydroxylation is 1. The van der Waals surface area contributed by atoms with E-state index in [1.165, 1.54) is 22.6 Å². The van der Waals surface area contributed by atoms with Crippen molar-refractivity contribution in [3.05, 3.63) is 65.9 Å². The molecule has 3 aromatic rings. The fourth-order valence-electron chi connectivity index (χ4n) is 2.02. The summed E-state index contributed by atoms with van der Waals surface area (Å²) in [5.74, 6) is -0.630. The van der Waals surface area contributed by atoms with Crippen LogP contribution in [0.2, 0.25) is 0 Å². The van der Waals surface area contributed by atoms with Crippen LogP contribution in [-0.4, -0.2) is 21.1 Å². The molecule has 110 valence electrons. The Labute approximate surface area is 131 Å². The molecule has 0 unspecified atom stereocenters. The lowest BCUT2D eigenvalue weighted by Gasteiger charge is -2.07. The first kappa shape index (κ1) is 14.5. The van der Waals surface area contributed by atoms with E-state index in [2.05, 4.69) is 10.1 Å². The molecule has 3 rings (SSSR count). The molecule has 0 aliphatic rings. The van der Waals surface area contributed by atoms with Gasteiger partial charge in [-0.2, -0.15) is 9.49 Å². The van der Waals surface area contributed by atoms with Gasteiger partial charge in [0, 0.05) is 17.2 Å². The molecule has 0 N–H and O–H groups in total. The van der Waals surface area contributed by atoms with E-state index in [1.807, 2.05) is 31.2 Å². The van der Waals surface area contributed by atoms with Gasteiger partial charge in [-0.05, 0) is 31.2 Å². The highest BCUT2D eigenvalue weighted by Crippen LogP contribution is 2.30. The van der Waals surface area contributed by atoms with E-state index >= 15 is 0 Å². The third kappa shape index (κ3) is 2.92. The number of carbonyl (C=O) groups excluding carboxylic acids is 1. The van der Waals surface area contributed by atoms with Gasteiger partial charge in [-0.25, -0.2) is 9.67 Å². The van der Waals surface area contributed by atoms with Crippen LogP contribution in [0, 0.1) is 12.9 Å². The van der Waals surface area contributed by atoms with Crippen molar-refractivity contribution in [2.75, 3.05) is 0 Å². The monoisotopic (exact) mass is 313 g/mol. The number of benzene rings is 1. The van der Waals surface area contributed by atoms with Crippen molar-refractivity contribution in [2.24, 2.45) is 0 Å². The Hall–Kier alpha value is -2.47. The highest BCUT2D eigenvalue weighted by molar-refractivity contribution is 7.99. The SMILES string of the molecule is Cc1cccc(Sc2cc(C=O)nn2-c2cccnc2F)c1. The van der Waals surface area contributed by atoms with Crippen molar-refractivity contribution in [1.29, 1.82) is 0 Å². The molecular formula is C16H12FN3OS. The van der Waals surface area contributed by atoms with Gasteiger partial charge < -0.3 is 0 Å². The van der Waals surface area contributed by atoms with Crippen LogP contribution in [0.5, 0.6) is 0 Å². The van der Waals surface area contributed by atoms with Gasteiger partial charge in [-0.1, -0.05) is 29.5 Å². The summed E-state index contributed by atoms with van der Waals surface area (Å²) in [4.78, 5) is 15.6. The molecule has 22 heavy (non-hydrogen) atoms. The summed E-state index contributed by atoms with van der Waals surface area (Å²) < 4.78 is 15.3. The maximum Gasteiger partial charge on any atom is 0.238 e. The molecule has 0 atom stereocenters. The highest BCUT2D eigenvalue weighted by Gasteiger charge is 2.14. The van der Waals surface area contributed by atoms with Gasteiger partial charge in [0.25, 0.3) is 0 Å². The first-order chi connectivity index (χ1) is 10.7. The number of rotatable bonds is 4. The normalized spacial score (nSPS) is 10.6. The van der Waals surface area contributed by atoms with Gasteiger partial charge in [0.15, 0.2) is 6.29 Å². The molecule has 2 heterocycles. The lowest BCUT2D eigenvalue weighted by molar-refractivity contribution is 0.111. The van der Waals surface area contributed by atoms with E-state index in [1.54, 1.807) is 18.2 Å². The number of carbonyl (C=O) groups is 1. The third-order valence-electron chi connectivity index (χ3n) is 3.00. The summed E-state index contributed by atoms with van der Waals surface area (Å²) in [6.45, 7) is 2.00. The summed E-state index contributed by atoms with van der Waals surface area (Å²) in [7, 11) is 0. The third-order valence-corrected chi connectivity index (χ3v) is 3.99. The lowest BCUT2D eigenvalue weighted by Crippen LogP contribution is -2.03. The minimum atomic E-state index is -0.630. The summed E-state index contributed by atoms with van der Waals surface area (Å²) in [6.07, 6.45) is 2.02. The number of nitrogens with zero attached hydrogens (tertiary/aromatic N) is 3. The minimum absolute atomic E-state index is 0.214. The van der Waals surface area contributed by atoms with Gasteiger partial charge in [0.2, 0.25) is 5.95 Å². The molecule has 4 nitrogen and oxygen atoms in total. The lowest BCUT2D eigenvalue weighted by atomic mass is 10.2. The Morgan fingerprint density at radius 2 is 2.09 bits per heavy atom. The topological polar surface area (TPSA) is 47.8 Å². The fourth-order valence-corrected chi connectivity index (χ4v) is 3.06. The largest absolute Gasteiger partial charge is 0.296 e. The molecule has 0 saturated carbocycles. The van der Waals surface area contributed by atoms with Crippen LogP contribution in [0.1, 0.15) is 16.1 Å². The van der Waals surface area contributed by atoms with Crippen LogP contribution in [-0.2, 0) is 0 Å². The van der Waals surface area contributed by atoms with Crippen molar-refractivity contribution in [2.45, 2.75) is 16.8 Å². The van der Waals surface area contributed by atoms with Crippen LogP contribution in [0.25, 0.3) is 5.69 Å². The van der Waals surface area contributed by atoms with E-state index in [0.717, 1.165) is 10.5 Å². The Morgan fingerprint density at radius 1 is 1.23 bits per heavy atom. The van der Waals surface area contributed by atoms with E-state index in [-0.39, 0.29) is 11.4 Å². The van der Waals surface area contributed by atoms with Crippen LogP contribution >= 0.6 is 11.8 Å². The maximum atomic E-state index is 13.9. The number of aromatic nitrogens is 3. The second-order valence-corrected chi connectivity index (χ2v) is 5.76. The number of halogens is 1. The number of aldehydes is 1. The van der Waals surface area contributed by atoms with Gasteiger partial charge in [0.1, 0.15) is 16.4 Å². The fraction of sp³-hybridized carbons (Fsp3) is 0.0625. The van der Waals surface area contributed by atoms with E-state index in [9.17, 15) is 9.18 Å². The zero-order valence-corrected chi connectivity index (χ0v) is 12.5. The van der Waals surface area contributed by atoms with Gasteiger partial charge in [-0.3, -0.25) is 4.79 Å². The van der Waals surface area contributed by atoms with Gasteiger partial charge >= 0.3 is 0 Å². The molecule has 0 aliphatic carbocycles. The zero-order valence-electron chi connectivity index (χ0n) is 11.7.